The van der Waals surface area contributed by atoms with Crippen molar-refractivity contribution >= 4 is 0 Å². The Kier molecular flexibility index (Phi) is 8.68. The van der Waals surface area contributed by atoms with Crippen molar-refractivity contribution in [1.29, 1.82) is 0 Å². The minimum Gasteiger partial charge on any atom is -0.330 e. The number of nitrogens with two attached hydrogens (primary N) is 1. The summed E-state index contributed by atoms with van der Waals surface area (Å²) in [6.07, 6.45) is 3.53. The Bertz CT molecular complexity index is 180. The Morgan fingerprint density at radius 3 is 1.92 bits per heavy atom. The molecule has 0 heterocycles. The molecule has 1 aromatic rings. The van der Waals surface area contributed by atoms with Crippen molar-refractivity contribution in [2.24, 2.45) is 5.73 Å². The normalized spacial score (nSPS) is 8.85. The van der Waals surface area contributed by atoms with Gasteiger partial charge in [0.2, 0.25) is 0 Å². The van der Waals surface area contributed by atoms with Crippen molar-refractivity contribution in [2.45, 2.75) is 33.1 Å². The molecule has 74 valence electrons. The first-order valence-electron chi connectivity index (χ1n) is 5.09. The molecule has 0 unspecified atom stereocenters. The Balaban J connectivity index is 0.000000252. The Morgan fingerprint density at radius 2 is 1.69 bits per heavy atom. The summed E-state index contributed by atoms with van der Waals surface area (Å²) in [5, 5.41) is 0. The third-order valence-electron chi connectivity index (χ3n) is 1.81. The van der Waals surface area contributed by atoms with Crippen LogP contribution in [0.2, 0.25) is 0 Å². The Labute approximate surface area is 82.0 Å². The maximum atomic E-state index is 5.14. The van der Waals surface area contributed by atoms with Crippen molar-refractivity contribution < 1.29 is 0 Å². The molecule has 1 heteroatoms. The van der Waals surface area contributed by atoms with E-state index >= 15 is 0 Å². The van der Waals surface area contributed by atoms with E-state index in [-0.39, 0.29) is 0 Å². The number of hydrogen-bond acceptors (Lipinski definition) is 1. The molecule has 1 rings (SSSR count). The highest BCUT2D eigenvalue weighted by atomic mass is 14.5. The van der Waals surface area contributed by atoms with Crippen LogP contribution < -0.4 is 5.73 Å². The largest absolute Gasteiger partial charge is 0.330 e. The molecule has 2 N–H and O–H groups in total. The lowest BCUT2D eigenvalue weighted by molar-refractivity contribution is 0.807. The number of rotatable bonds is 3. The predicted molar refractivity (Wildman–Crippen MR) is 59.8 cm³/mol. The second kappa shape index (κ2) is 9.27. The highest BCUT2D eigenvalue weighted by molar-refractivity contribution is 5.13. The first kappa shape index (κ1) is 12.2. The molecular weight excluding hydrogens is 158 g/mol. The van der Waals surface area contributed by atoms with Gasteiger partial charge in [0.05, 0.1) is 0 Å². The summed E-state index contributed by atoms with van der Waals surface area (Å²) >= 11 is 0. The van der Waals surface area contributed by atoms with Crippen LogP contribution in [0.15, 0.2) is 30.3 Å². The first-order valence-corrected chi connectivity index (χ1v) is 5.09. The maximum absolute atomic E-state index is 5.14. The molecule has 0 aromatic heterocycles. The predicted octanol–water partition coefficient (Wildman–Crippen LogP) is 2.99. The third kappa shape index (κ3) is 7.54. The fraction of sp³-hybridized carbons (Fsp3) is 0.500. The van der Waals surface area contributed by atoms with Crippen LogP contribution in [0.4, 0.5) is 0 Å². The zero-order chi connectivity index (χ0) is 9.94. The van der Waals surface area contributed by atoms with Gasteiger partial charge in [-0.15, -0.1) is 0 Å². The minimum atomic E-state index is 0.844. The summed E-state index contributed by atoms with van der Waals surface area (Å²) in [5.74, 6) is 0. The van der Waals surface area contributed by atoms with Crippen LogP contribution in [0.5, 0.6) is 0 Å². The van der Waals surface area contributed by atoms with Gasteiger partial charge in [-0.1, -0.05) is 50.6 Å². The molecule has 0 bridgehead atoms. The van der Waals surface area contributed by atoms with E-state index in [2.05, 4.69) is 38.1 Å². The van der Waals surface area contributed by atoms with Gasteiger partial charge in [-0.25, -0.2) is 0 Å². The molecule has 13 heavy (non-hydrogen) atoms. The lowest BCUT2D eigenvalue weighted by Crippen LogP contribution is -1.95. The highest BCUT2D eigenvalue weighted by Crippen LogP contribution is 1.96. The van der Waals surface area contributed by atoms with E-state index in [4.69, 9.17) is 5.73 Å². The van der Waals surface area contributed by atoms with E-state index in [9.17, 15) is 0 Å². The SMILES string of the molecule is CCCCN.CCc1ccccc1. The lowest BCUT2D eigenvalue weighted by atomic mass is 10.2. The van der Waals surface area contributed by atoms with Gasteiger partial charge in [-0.3, -0.25) is 0 Å². The van der Waals surface area contributed by atoms with Crippen molar-refractivity contribution in [3.8, 4) is 0 Å². The van der Waals surface area contributed by atoms with Gasteiger partial charge < -0.3 is 5.73 Å². The van der Waals surface area contributed by atoms with Crippen LogP contribution in [-0.2, 0) is 6.42 Å². The number of hydrogen-bond donors (Lipinski definition) is 1. The summed E-state index contributed by atoms with van der Waals surface area (Å²) in [6, 6.07) is 10.5. The van der Waals surface area contributed by atoms with Crippen LogP contribution in [0.3, 0.4) is 0 Å². The van der Waals surface area contributed by atoms with Gasteiger partial charge in [-0.2, -0.15) is 0 Å². The van der Waals surface area contributed by atoms with Gasteiger partial charge in [0, 0.05) is 0 Å². The van der Waals surface area contributed by atoms with E-state index in [1.54, 1.807) is 0 Å². The summed E-state index contributed by atoms with van der Waals surface area (Å²) in [5.41, 5.74) is 6.55. The maximum Gasteiger partial charge on any atom is -0.00774 e. The van der Waals surface area contributed by atoms with E-state index in [0.717, 1.165) is 13.0 Å². The van der Waals surface area contributed by atoms with Crippen LogP contribution in [-0.4, -0.2) is 6.54 Å². The molecular formula is C12H21N. The molecule has 0 atom stereocenters. The van der Waals surface area contributed by atoms with Crippen molar-refractivity contribution in [1.82, 2.24) is 0 Å². The third-order valence-corrected chi connectivity index (χ3v) is 1.81. The van der Waals surface area contributed by atoms with Gasteiger partial charge in [0.25, 0.3) is 0 Å². The molecule has 1 aromatic carbocycles. The van der Waals surface area contributed by atoms with Crippen molar-refractivity contribution in [3.05, 3.63) is 35.9 Å². The Morgan fingerprint density at radius 1 is 1.08 bits per heavy atom. The summed E-state index contributed by atoms with van der Waals surface area (Å²) < 4.78 is 0. The number of aryl methyl sites for hydroxylation is 1. The van der Waals surface area contributed by atoms with Gasteiger partial charge in [0.15, 0.2) is 0 Å². The number of benzene rings is 1. The first-order chi connectivity index (χ1) is 6.35. The second-order valence-electron chi connectivity index (χ2n) is 2.98. The minimum absolute atomic E-state index is 0.844. The fourth-order valence-corrected chi connectivity index (χ4v) is 0.918. The molecule has 0 saturated heterocycles. The molecule has 0 aliphatic rings. The quantitative estimate of drug-likeness (QED) is 0.758. The van der Waals surface area contributed by atoms with E-state index in [1.807, 2.05) is 6.07 Å². The molecule has 0 aliphatic carbocycles. The molecule has 0 amide bonds. The standard InChI is InChI=1S/C8H10.C4H11N/c1-2-8-6-4-3-5-7-8;1-2-3-4-5/h3-7H,2H2,1H3;2-5H2,1H3. The van der Waals surface area contributed by atoms with E-state index in [1.165, 1.54) is 18.4 Å². The van der Waals surface area contributed by atoms with Gasteiger partial charge in [-0.05, 0) is 24.9 Å². The molecule has 0 fully saturated rings. The van der Waals surface area contributed by atoms with E-state index in [0.29, 0.717) is 0 Å². The highest BCUT2D eigenvalue weighted by Gasteiger charge is 1.79. The summed E-state index contributed by atoms with van der Waals surface area (Å²) in [7, 11) is 0. The fourth-order valence-electron chi connectivity index (χ4n) is 0.918. The topological polar surface area (TPSA) is 26.0 Å². The monoisotopic (exact) mass is 179 g/mol. The van der Waals surface area contributed by atoms with Gasteiger partial charge >= 0.3 is 0 Å². The van der Waals surface area contributed by atoms with E-state index < -0.39 is 0 Å². The molecule has 0 radical (unpaired) electrons. The zero-order valence-corrected chi connectivity index (χ0v) is 8.79. The second-order valence-corrected chi connectivity index (χ2v) is 2.98. The molecule has 1 nitrogen and oxygen atoms in total. The lowest BCUT2D eigenvalue weighted by Gasteiger charge is -1.89. The van der Waals surface area contributed by atoms with Crippen LogP contribution in [0, 0.1) is 0 Å². The molecule has 0 aliphatic heterocycles. The average molecular weight is 179 g/mol. The van der Waals surface area contributed by atoms with Crippen molar-refractivity contribution in [3.63, 3.8) is 0 Å². The van der Waals surface area contributed by atoms with Crippen molar-refractivity contribution in [2.75, 3.05) is 6.54 Å². The molecule has 0 spiro atoms. The summed E-state index contributed by atoms with van der Waals surface area (Å²) in [4.78, 5) is 0. The summed E-state index contributed by atoms with van der Waals surface area (Å²) in [6.45, 7) is 5.14. The Hall–Kier alpha value is -0.820. The van der Waals surface area contributed by atoms with Crippen LogP contribution in [0.25, 0.3) is 0 Å². The van der Waals surface area contributed by atoms with Crippen LogP contribution >= 0.6 is 0 Å². The molecule has 0 saturated carbocycles. The zero-order valence-electron chi connectivity index (χ0n) is 8.79. The smallest absolute Gasteiger partial charge is 0.00774 e. The van der Waals surface area contributed by atoms with Crippen LogP contribution in [0.1, 0.15) is 32.3 Å². The average Bonchev–Trinajstić information content (AvgIpc) is 2.21. The van der Waals surface area contributed by atoms with Gasteiger partial charge in [0.1, 0.15) is 0 Å². The number of unbranched alkanes of at least 4 members (excludes halogenated alkanes) is 1.